The molecule has 0 aliphatic rings. The normalized spacial score (nSPS) is 10.8. The fraction of sp³-hybridized carbons (Fsp3) is 0.600. The summed E-state index contributed by atoms with van der Waals surface area (Å²) in [6.45, 7) is 0.454. The zero-order valence-corrected chi connectivity index (χ0v) is 7.13. The number of Topliss-reactive ketones (excluding diaryl/α,β-unsaturated/α-hetero) is 1. The maximum atomic E-state index is 10.5. The van der Waals surface area contributed by atoms with Crippen LogP contribution in [0.15, 0.2) is 0 Å². The van der Waals surface area contributed by atoms with Gasteiger partial charge in [0.1, 0.15) is 5.75 Å². The molecule has 70 valence electrons. The minimum absolute atomic E-state index is 0.630. The van der Waals surface area contributed by atoms with Gasteiger partial charge in [-0.25, -0.2) is 0 Å². The van der Waals surface area contributed by atoms with Crippen molar-refractivity contribution in [3.05, 3.63) is 0 Å². The summed E-state index contributed by atoms with van der Waals surface area (Å²) in [4.78, 5) is 20.7. The van der Waals surface area contributed by atoms with Crippen LogP contribution < -0.4 is 0 Å². The number of ketones is 1. The number of esters is 1. The Morgan fingerprint density at radius 3 is 2.25 bits per heavy atom. The van der Waals surface area contributed by atoms with Crippen LogP contribution in [0.25, 0.3) is 0 Å². The van der Waals surface area contributed by atoms with Gasteiger partial charge in [0.05, 0.1) is 0 Å². The van der Waals surface area contributed by atoms with Crippen LogP contribution >= 0.6 is 0 Å². The molecule has 0 aromatic rings. The molecule has 0 atom stereocenters. The van der Waals surface area contributed by atoms with Crippen LogP contribution in [0.5, 0.6) is 0 Å². The smallest absolute Gasteiger partial charge is 0.303 e. The lowest BCUT2D eigenvalue weighted by Gasteiger charge is -1.98. The molecule has 0 rings (SSSR count). The number of hydrogen-bond acceptors (Lipinski definition) is 5. The molecular weight excluding hydrogens is 188 g/mol. The molecule has 0 amide bonds. The summed E-state index contributed by atoms with van der Waals surface area (Å²) in [5.74, 6) is -2.58. The molecular formula is C5H8O6S. The maximum Gasteiger partial charge on any atom is 0.303 e. The summed E-state index contributed by atoms with van der Waals surface area (Å²) >= 11 is 0. The number of carbonyl (C=O) groups is 2. The Labute approximate surface area is 69.3 Å². The van der Waals surface area contributed by atoms with Crippen LogP contribution in [-0.2, 0) is 24.4 Å². The molecule has 0 spiro atoms. The maximum absolute atomic E-state index is 10.5. The van der Waals surface area contributed by atoms with Gasteiger partial charge in [-0.2, -0.15) is 8.42 Å². The van der Waals surface area contributed by atoms with Gasteiger partial charge < -0.3 is 4.74 Å². The zero-order chi connectivity index (χ0) is 9.78. The van der Waals surface area contributed by atoms with Crippen LogP contribution in [0.1, 0.15) is 6.92 Å². The van der Waals surface area contributed by atoms with Crippen molar-refractivity contribution in [1.82, 2.24) is 0 Å². The van der Waals surface area contributed by atoms with Crippen molar-refractivity contribution in [3.63, 3.8) is 0 Å². The van der Waals surface area contributed by atoms with Crippen molar-refractivity contribution >= 4 is 21.9 Å². The average molecular weight is 196 g/mol. The van der Waals surface area contributed by atoms with Gasteiger partial charge in [0.25, 0.3) is 10.1 Å². The Bertz CT molecular complexity index is 276. The van der Waals surface area contributed by atoms with Gasteiger partial charge in [0.2, 0.25) is 0 Å². The highest BCUT2D eigenvalue weighted by Crippen LogP contribution is 1.86. The largest absolute Gasteiger partial charge is 0.458 e. The minimum Gasteiger partial charge on any atom is -0.458 e. The lowest BCUT2D eigenvalue weighted by atomic mass is 10.5. The van der Waals surface area contributed by atoms with Crippen molar-refractivity contribution in [3.8, 4) is 0 Å². The minimum atomic E-state index is -4.31. The first-order chi connectivity index (χ1) is 5.31. The number of hydrogen-bond donors (Lipinski definition) is 1. The van der Waals surface area contributed by atoms with E-state index in [4.69, 9.17) is 4.55 Å². The van der Waals surface area contributed by atoms with Crippen molar-refractivity contribution < 1.29 is 27.3 Å². The molecule has 0 aliphatic carbocycles. The molecule has 0 aromatic heterocycles. The molecule has 12 heavy (non-hydrogen) atoms. The summed E-state index contributed by atoms with van der Waals surface area (Å²) in [5, 5.41) is 0. The van der Waals surface area contributed by atoms with Crippen LogP contribution in [0.3, 0.4) is 0 Å². The molecule has 0 heterocycles. The van der Waals surface area contributed by atoms with E-state index in [1.165, 1.54) is 0 Å². The molecule has 0 radical (unpaired) electrons. The van der Waals surface area contributed by atoms with Gasteiger partial charge in [0.15, 0.2) is 12.4 Å². The van der Waals surface area contributed by atoms with E-state index < -0.39 is 34.2 Å². The molecule has 7 heteroatoms. The summed E-state index contributed by atoms with van der Waals surface area (Å²) in [5.41, 5.74) is 0. The second-order valence-corrected chi connectivity index (χ2v) is 3.50. The van der Waals surface area contributed by atoms with Crippen molar-refractivity contribution in [2.75, 3.05) is 12.4 Å². The Morgan fingerprint density at radius 2 is 1.92 bits per heavy atom. The highest BCUT2D eigenvalue weighted by Gasteiger charge is 2.13. The first kappa shape index (κ1) is 11.1. The third-order valence-electron chi connectivity index (χ3n) is 0.780. The SMILES string of the molecule is CC(=O)OCC(=O)CS(=O)(=O)O. The quantitative estimate of drug-likeness (QED) is 0.457. The van der Waals surface area contributed by atoms with E-state index in [-0.39, 0.29) is 0 Å². The van der Waals surface area contributed by atoms with E-state index in [9.17, 15) is 18.0 Å². The van der Waals surface area contributed by atoms with Gasteiger partial charge in [-0.1, -0.05) is 0 Å². The molecule has 0 saturated carbocycles. The summed E-state index contributed by atoms with van der Waals surface area (Å²) in [6.07, 6.45) is 0. The predicted octanol–water partition coefficient (Wildman–Crippen LogP) is -0.994. The first-order valence-corrected chi connectivity index (χ1v) is 4.52. The highest BCUT2D eigenvalue weighted by molar-refractivity contribution is 7.86. The van der Waals surface area contributed by atoms with E-state index in [1.807, 2.05) is 0 Å². The van der Waals surface area contributed by atoms with Crippen LogP contribution in [0, 0.1) is 0 Å². The zero-order valence-electron chi connectivity index (χ0n) is 6.31. The summed E-state index contributed by atoms with van der Waals surface area (Å²) < 4.78 is 32.5. The second-order valence-electron chi connectivity index (χ2n) is 2.05. The molecule has 0 fully saturated rings. The van der Waals surface area contributed by atoms with Crippen molar-refractivity contribution in [2.45, 2.75) is 6.92 Å². The third kappa shape index (κ3) is 7.16. The standard InChI is InChI=1S/C5H8O6S/c1-4(6)11-2-5(7)3-12(8,9)10/h2-3H2,1H3,(H,8,9,10). The van der Waals surface area contributed by atoms with E-state index in [1.54, 1.807) is 0 Å². The van der Waals surface area contributed by atoms with Crippen molar-refractivity contribution in [1.29, 1.82) is 0 Å². The number of ether oxygens (including phenoxy) is 1. The van der Waals surface area contributed by atoms with Crippen molar-refractivity contribution in [2.24, 2.45) is 0 Å². The summed E-state index contributed by atoms with van der Waals surface area (Å²) in [7, 11) is -4.31. The first-order valence-electron chi connectivity index (χ1n) is 2.91. The predicted molar refractivity (Wildman–Crippen MR) is 38.1 cm³/mol. The Kier molecular flexibility index (Phi) is 3.84. The topological polar surface area (TPSA) is 97.7 Å². The van der Waals surface area contributed by atoms with Gasteiger partial charge in [0, 0.05) is 6.92 Å². The Balaban J connectivity index is 3.84. The van der Waals surface area contributed by atoms with Gasteiger partial charge >= 0.3 is 5.97 Å². The molecule has 0 saturated heterocycles. The Morgan fingerprint density at radius 1 is 1.42 bits per heavy atom. The number of carbonyl (C=O) groups excluding carboxylic acids is 2. The fourth-order valence-electron chi connectivity index (χ4n) is 0.427. The van der Waals surface area contributed by atoms with Crippen LogP contribution in [0.2, 0.25) is 0 Å². The molecule has 0 bridgehead atoms. The Hall–Kier alpha value is -0.950. The number of rotatable bonds is 4. The average Bonchev–Trinajstić information content (AvgIpc) is 1.79. The van der Waals surface area contributed by atoms with E-state index in [0.717, 1.165) is 6.92 Å². The third-order valence-corrected chi connectivity index (χ3v) is 1.47. The highest BCUT2D eigenvalue weighted by atomic mass is 32.2. The molecule has 0 aliphatic heterocycles. The summed E-state index contributed by atoms with van der Waals surface area (Å²) in [6, 6.07) is 0. The molecule has 0 aromatic carbocycles. The van der Waals surface area contributed by atoms with Gasteiger partial charge in [-0.05, 0) is 0 Å². The van der Waals surface area contributed by atoms with E-state index >= 15 is 0 Å². The lowest BCUT2D eigenvalue weighted by Crippen LogP contribution is -2.20. The van der Waals surface area contributed by atoms with Gasteiger partial charge in [-0.15, -0.1) is 0 Å². The lowest BCUT2D eigenvalue weighted by molar-refractivity contribution is -0.145. The monoisotopic (exact) mass is 196 g/mol. The van der Waals surface area contributed by atoms with Gasteiger partial charge in [-0.3, -0.25) is 14.1 Å². The van der Waals surface area contributed by atoms with E-state index in [0.29, 0.717) is 0 Å². The van der Waals surface area contributed by atoms with Crippen LogP contribution in [-0.4, -0.2) is 37.1 Å². The second kappa shape index (κ2) is 4.17. The van der Waals surface area contributed by atoms with Crippen LogP contribution in [0.4, 0.5) is 0 Å². The molecule has 0 unspecified atom stereocenters. The fourth-order valence-corrected chi connectivity index (χ4v) is 0.917. The van der Waals surface area contributed by atoms with E-state index in [2.05, 4.69) is 4.74 Å². The molecule has 1 N–H and O–H groups in total. The molecule has 6 nitrogen and oxygen atoms in total.